The molecule has 0 radical (unpaired) electrons. The Morgan fingerprint density at radius 1 is 1.17 bits per heavy atom. The highest BCUT2D eigenvalue weighted by atomic mass is 16.5. The number of ether oxygens (including phenoxy) is 1. The molecule has 0 aliphatic carbocycles. The first-order valence-electron chi connectivity index (χ1n) is 7.92. The summed E-state index contributed by atoms with van der Waals surface area (Å²) >= 11 is 0. The third-order valence-corrected chi connectivity index (χ3v) is 4.10. The smallest absolute Gasteiger partial charge is 0.262 e. The highest BCUT2D eigenvalue weighted by Crippen LogP contribution is 2.29. The number of amides is 2. The predicted octanol–water partition coefficient (Wildman–Crippen LogP) is 2.92. The number of rotatable bonds is 4. The van der Waals surface area contributed by atoms with E-state index in [0.717, 1.165) is 16.8 Å². The van der Waals surface area contributed by atoms with E-state index in [9.17, 15) is 9.59 Å². The summed E-state index contributed by atoms with van der Waals surface area (Å²) in [6, 6.07) is 13.1. The van der Waals surface area contributed by atoms with E-state index in [0.29, 0.717) is 24.3 Å². The van der Waals surface area contributed by atoms with Gasteiger partial charge in [0.05, 0.1) is 0 Å². The van der Waals surface area contributed by atoms with Gasteiger partial charge in [-0.2, -0.15) is 0 Å². The van der Waals surface area contributed by atoms with Gasteiger partial charge in [0, 0.05) is 24.8 Å². The lowest BCUT2D eigenvalue weighted by Crippen LogP contribution is -2.31. The van der Waals surface area contributed by atoms with Gasteiger partial charge in [-0.15, -0.1) is 0 Å². The van der Waals surface area contributed by atoms with Crippen molar-refractivity contribution in [1.29, 1.82) is 0 Å². The highest BCUT2D eigenvalue weighted by molar-refractivity contribution is 5.97. The van der Waals surface area contributed by atoms with Crippen LogP contribution in [0.5, 0.6) is 5.75 Å². The van der Waals surface area contributed by atoms with Crippen LogP contribution in [-0.2, 0) is 16.0 Å². The fraction of sp³-hybridized carbons (Fsp3) is 0.263. The minimum absolute atomic E-state index is 0.0431. The van der Waals surface area contributed by atoms with E-state index in [1.165, 1.54) is 0 Å². The normalized spacial score (nSPS) is 13.4. The molecule has 1 aliphatic heterocycles. The van der Waals surface area contributed by atoms with Gasteiger partial charge in [-0.25, -0.2) is 0 Å². The van der Waals surface area contributed by atoms with Crippen LogP contribution in [0.15, 0.2) is 42.5 Å². The fourth-order valence-electron chi connectivity index (χ4n) is 2.71. The fourth-order valence-corrected chi connectivity index (χ4v) is 2.71. The Morgan fingerprint density at radius 3 is 2.67 bits per heavy atom. The molecule has 0 spiro atoms. The van der Waals surface area contributed by atoms with Crippen LogP contribution in [0.3, 0.4) is 0 Å². The van der Waals surface area contributed by atoms with Crippen molar-refractivity contribution in [1.82, 2.24) is 0 Å². The van der Waals surface area contributed by atoms with E-state index in [4.69, 9.17) is 4.74 Å². The van der Waals surface area contributed by atoms with Crippen molar-refractivity contribution in [2.75, 3.05) is 23.9 Å². The Kier molecular flexibility index (Phi) is 4.51. The van der Waals surface area contributed by atoms with Crippen molar-refractivity contribution in [3.8, 4) is 5.75 Å². The number of hydrogen-bond acceptors (Lipinski definition) is 3. The van der Waals surface area contributed by atoms with Gasteiger partial charge in [0.15, 0.2) is 6.61 Å². The second kappa shape index (κ2) is 6.74. The van der Waals surface area contributed by atoms with Gasteiger partial charge >= 0.3 is 0 Å². The first-order chi connectivity index (χ1) is 11.5. The minimum atomic E-state index is -0.212. The van der Waals surface area contributed by atoms with Gasteiger partial charge in [0.25, 0.3) is 5.91 Å². The van der Waals surface area contributed by atoms with Crippen molar-refractivity contribution >= 4 is 23.2 Å². The molecule has 2 aromatic rings. The summed E-state index contributed by atoms with van der Waals surface area (Å²) < 4.78 is 5.47. The molecule has 0 saturated heterocycles. The molecule has 0 saturated carbocycles. The zero-order chi connectivity index (χ0) is 17.1. The Balaban J connectivity index is 1.60. The first-order valence-corrected chi connectivity index (χ1v) is 7.92. The topological polar surface area (TPSA) is 58.6 Å². The summed E-state index contributed by atoms with van der Waals surface area (Å²) in [6.07, 6.45) is 1.19. The molecule has 1 heterocycles. The molecule has 3 rings (SSSR count). The molecule has 1 N–H and O–H groups in total. The average molecular weight is 324 g/mol. The van der Waals surface area contributed by atoms with Crippen molar-refractivity contribution in [2.45, 2.75) is 19.8 Å². The Hall–Kier alpha value is -2.82. The van der Waals surface area contributed by atoms with E-state index in [2.05, 4.69) is 5.32 Å². The zero-order valence-electron chi connectivity index (χ0n) is 13.8. The third-order valence-electron chi connectivity index (χ3n) is 4.10. The number of anilines is 2. The SMILES string of the molecule is Cc1ccc(OCC(=O)Nc2ccc3c(c2)CCC(=O)N3C)cc1. The number of aryl methyl sites for hydroxylation is 2. The van der Waals surface area contributed by atoms with E-state index in [1.54, 1.807) is 18.0 Å². The molecular weight excluding hydrogens is 304 g/mol. The van der Waals surface area contributed by atoms with E-state index < -0.39 is 0 Å². The Morgan fingerprint density at radius 2 is 1.92 bits per heavy atom. The molecule has 5 heteroatoms. The van der Waals surface area contributed by atoms with Gasteiger partial charge in [-0.05, 0) is 49.2 Å². The third kappa shape index (κ3) is 3.56. The summed E-state index contributed by atoms with van der Waals surface area (Å²) in [4.78, 5) is 25.4. The van der Waals surface area contributed by atoms with Crippen LogP contribution in [0.1, 0.15) is 17.5 Å². The van der Waals surface area contributed by atoms with Gasteiger partial charge in [0.2, 0.25) is 5.91 Å². The van der Waals surface area contributed by atoms with E-state index >= 15 is 0 Å². The van der Waals surface area contributed by atoms with Crippen LogP contribution < -0.4 is 15.0 Å². The van der Waals surface area contributed by atoms with Crippen LogP contribution in [0.2, 0.25) is 0 Å². The van der Waals surface area contributed by atoms with Crippen LogP contribution in [0.25, 0.3) is 0 Å². The molecule has 0 aromatic heterocycles. The molecule has 0 unspecified atom stereocenters. The second-order valence-electron chi connectivity index (χ2n) is 5.95. The van der Waals surface area contributed by atoms with Gasteiger partial charge in [-0.3, -0.25) is 9.59 Å². The van der Waals surface area contributed by atoms with Crippen LogP contribution in [-0.4, -0.2) is 25.5 Å². The maximum Gasteiger partial charge on any atom is 0.262 e. The van der Waals surface area contributed by atoms with Gasteiger partial charge in [0.1, 0.15) is 5.75 Å². The summed E-state index contributed by atoms with van der Waals surface area (Å²) in [5.74, 6) is 0.572. The quantitative estimate of drug-likeness (QED) is 0.941. The molecule has 0 fully saturated rings. The molecule has 5 nitrogen and oxygen atoms in total. The van der Waals surface area contributed by atoms with Crippen molar-refractivity contribution < 1.29 is 14.3 Å². The summed E-state index contributed by atoms with van der Waals surface area (Å²) in [5.41, 5.74) is 3.83. The van der Waals surface area contributed by atoms with E-state index in [-0.39, 0.29) is 18.4 Å². The van der Waals surface area contributed by atoms with Crippen molar-refractivity contribution in [3.63, 3.8) is 0 Å². The lowest BCUT2D eigenvalue weighted by atomic mass is 10.0. The summed E-state index contributed by atoms with van der Waals surface area (Å²) in [5, 5.41) is 2.83. The number of fused-ring (bicyclic) bond motifs is 1. The van der Waals surface area contributed by atoms with Crippen LogP contribution in [0.4, 0.5) is 11.4 Å². The molecule has 1 aliphatic rings. The predicted molar refractivity (Wildman–Crippen MR) is 93.5 cm³/mol. The second-order valence-corrected chi connectivity index (χ2v) is 5.95. The van der Waals surface area contributed by atoms with Gasteiger partial charge < -0.3 is 15.0 Å². The number of benzene rings is 2. The molecule has 0 bridgehead atoms. The Bertz CT molecular complexity index is 769. The Labute approximate surface area is 141 Å². The van der Waals surface area contributed by atoms with Crippen LogP contribution in [0, 0.1) is 6.92 Å². The highest BCUT2D eigenvalue weighted by Gasteiger charge is 2.21. The number of hydrogen-bond donors (Lipinski definition) is 1. The van der Waals surface area contributed by atoms with Crippen molar-refractivity contribution in [2.24, 2.45) is 0 Å². The molecule has 2 aromatic carbocycles. The monoisotopic (exact) mass is 324 g/mol. The van der Waals surface area contributed by atoms with Crippen molar-refractivity contribution in [3.05, 3.63) is 53.6 Å². The number of nitrogens with one attached hydrogen (secondary N) is 1. The average Bonchev–Trinajstić information content (AvgIpc) is 2.58. The molecule has 0 atom stereocenters. The zero-order valence-corrected chi connectivity index (χ0v) is 13.8. The number of carbonyl (C=O) groups excluding carboxylic acids is 2. The largest absolute Gasteiger partial charge is 0.484 e. The molecule has 124 valence electrons. The standard InChI is InChI=1S/C19H20N2O3/c1-13-3-7-16(8-4-13)24-12-18(22)20-15-6-9-17-14(11-15)5-10-19(23)21(17)2/h3-4,6-9,11H,5,10,12H2,1-2H3,(H,20,22). The maximum atomic E-state index is 12.0. The lowest BCUT2D eigenvalue weighted by molar-refractivity contribution is -0.119. The lowest BCUT2D eigenvalue weighted by Gasteiger charge is -2.26. The van der Waals surface area contributed by atoms with Gasteiger partial charge in [-0.1, -0.05) is 17.7 Å². The number of carbonyl (C=O) groups is 2. The van der Waals surface area contributed by atoms with Crippen LogP contribution >= 0.6 is 0 Å². The number of nitrogens with zero attached hydrogens (tertiary/aromatic N) is 1. The minimum Gasteiger partial charge on any atom is -0.484 e. The first kappa shape index (κ1) is 16.1. The molecule has 2 amide bonds. The van der Waals surface area contributed by atoms with E-state index in [1.807, 2.05) is 43.3 Å². The maximum absolute atomic E-state index is 12.0. The molecular formula is C19H20N2O3. The summed E-state index contributed by atoms with van der Waals surface area (Å²) in [7, 11) is 1.77. The summed E-state index contributed by atoms with van der Waals surface area (Å²) in [6.45, 7) is 1.95. The molecule has 24 heavy (non-hydrogen) atoms.